The molecule has 4 N–H and O–H groups in total. The topological polar surface area (TPSA) is 145 Å². The summed E-state index contributed by atoms with van der Waals surface area (Å²) in [6.07, 6.45) is 7.05. The summed E-state index contributed by atoms with van der Waals surface area (Å²) in [6, 6.07) is 21.0. The Morgan fingerprint density at radius 1 is 1.00 bits per heavy atom. The average Bonchev–Trinajstić information content (AvgIpc) is 3.79. The lowest BCUT2D eigenvalue weighted by molar-refractivity contribution is -0.117. The molecule has 3 aromatic heterocycles. The molecule has 42 heavy (non-hydrogen) atoms. The third-order valence-electron chi connectivity index (χ3n) is 6.84. The number of hydrogen-bond donors (Lipinski definition) is 3. The maximum absolute atomic E-state index is 11.6. The monoisotopic (exact) mass is 561 g/mol. The predicted molar refractivity (Wildman–Crippen MR) is 162 cm³/mol. The van der Waals surface area contributed by atoms with Gasteiger partial charge in [0.2, 0.25) is 5.91 Å². The van der Waals surface area contributed by atoms with E-state index in [9.17, 15) is 14.4 Å². The maximum atomic E-state index is 11.6. The second kappa shape index (κ2) is 13.0. The smallest absolute Gasteiger partial charge is 0.227 e. The summed E-state index contributed by atoms with van der Waals surface area (Å²) in [5.41, 5.74) is 12.4. The molecule has 1 amide bonds. The summed E-state index contributed by atoms with van der Waals surface area (Å²) in [5, 5.41) is 5.89. The molecule has 6 rings (SSSR count). The fourth-order valence-corrected chi connectivity index (χ4v) is 4.53. The fourth-order valence-electron chi connectivity index (χ4n) is 4.53. The van der Waals surface area contributed by atoms with Crippen LogP contribution in [0.2, 0.25) is 0 Å². The molecule has 1 aliphatic rings. The minimum atomic E-state index is -0.0450. The Labute approximate surface area is 243 Å². The molecule has 5 aromatic rings. The van der Waals surface area contributed by atoms with E-state index in [2.05, 4.69) is 44.9 Å². The van der Waals surface area contributed by atoms with Crippen molar-refractivity contribution in [2.75, 3.05) is 18.1 Å². The summed E-state index contributed by atoms with van der Waals surface area (Å²) < 4.78 is 2.02. The highest BCUT2D eigenvalue weighted by molar-refractivity contribution is 5.98. The third kappa shape index (κ3) is 6.39. The van der Waals surface area contributed by atoms with Crippen LogP contribution in [0.5, 0.6) is 0 Å². The van der Waals surface area contributed by atoms with Crippen molar-refractivity contribution in [1.82, 2.24) is 24.8 Å². The zero-order valence-corrected chi connectivity index (χ0v) is 23.2. The summed E-state index contributed by atoms with van der Waals surface area (Å²) in [5.74, 6) is 1.23. The van der Waals surface area contributed by atoms with Gasteiger partial charge in [-0.1, -0.05) is 18.2 Å². The lowest BCUT2D eigenvalue weighted by atomic mass is 10.1. The van der Waals surface area contributed by atoms with Crippen molar-refractivity contribution in [1.29, 1.82) is 0 Å². The molecule has 0 bridgehead atoms. The van der Waals surface area contributed by atoms with Crippen LogP contribution in [0.15, 0.2) is 79.1 Å². The first-order chi connectivity index (χ1) is 20.5. The fraction of sp³-hybridized carbons (Fsp3) is 0.188. The van der Waals surface area contributed by atoms with Crippen molar-refractivity contribution in [2.45, 2.75) is 25.8 Å². The Morgan fingerprint density at radius 3 is 2.43 bits per heavy atom. The molecule has 0 spiro atoms. The number of rotatable bonds is 9. The number of nitrogens with two attached hydrogens (primary N) is 1. The van der Waals surface area contributed by atoms with Gasteiger partial charge >= 0.3 is 0 Å². The molecule has 3 heterocycles. The van der Waals surface area contributed by atoms with Crippen molar-refractivity contribution >= 4 is 41.1 Å². The van der Waals surface area contributed by atoms with Crippen molar-refractivity contribution in [2.24, 2.45) is 5.92 Å². The lowest BCUT2D eigenvalue weighted by Crippen LogP contribution is -2.14. The van der Waals surface area contributed by atoms with Crippen LogP contribution in [0.3, 0.4) is 0 Å². The number of aldehydes is 2. The second-order valence-electron chi connectivity index (χ2n) is 9.92. The van der Waals surface area contributed by atoms with Crippen LogP contribution >= 0.6 is 0 Å². The molecule has 10 nitrogen and oxygen atoms in total. The van der Waals surface area contributed by atoms with Gasteiger partial charge in [-0.25, -0.2) is 15.0 Å². The second-order valence-corrected chi connectivity index (χ2v) is 9.92. The number of carbonyl (C=O) groups is 3. The Morgan fingerprint density at radius 2 is 1.74 bits per heavy atom. The highest BCUT2D eigenvalue weighted by atomic mass is 16.2. The van der Waals surface area contributed by atoms with Gasteiger partial charge in [-0.2, -0.15) is 0 Å². The number of nitrogen functional groups attached to an aromatic ring is 1. The number of benzene rings is 2. The lowest BCUT2D eigenvalue weighted by Gasteiger charge is -2.11. The van der Waals surface area contributed by atoms with Gasteiger partial charge in [0.25, 0.3) is 0 Å². The van der Waals surface area contributed by atoms with Crippen LogP contribution in [-0.4, -0.2) is 45.0 Å². The van der Waals surface area contributed by atoms with Gasteiger partial charge in [0.05, 0.1) is 11.3 Å². The average molecular weight is 562 g/mol. The Bertz CT molecular complexity index is 1730. The Balaban J connectivity index is 0.000000181. The van der Waals surface area contributed by atoms with E-state index in [1.807, 2.05) is 35.9 Å². The van der Waals surface area contributed by atoms with Crippen LogP contribution in [0.1, 0.15) is 34.3 Å². The van der Waals surface area contributed by atoms with Gasteiger partial charge < -0.3 is 21.2 Å². The number of pyridine rings is 2. The van der Waals surface area contributed by atoms with Crippen LogP contribution in [0, 0.1) is 5.92 Å². The maximum Gasteiger partial charge on any atom is 0.227 e. The molecule has 0 atom stereocenters. The first-order valence-electron chi connectivity index (χ1n) is 13.6. The first-order valence-corrected chi connectivity index (χ1v) is 13.6. The van der Waals surface area contributed by atoms with E-state index in [4.69, 9.17) is 10.7 Å². The molecule has 0 aliphatic heterocycles. The van der Waals surface area contributed by atoms with Crippen molar-refractivity contribution in [3.8, 4) is 17.1 Å². The minimum absolute atomic E-state index is 0.0450. The molecular formula is C32H31N7O3. The van der Waals surface area contributed by atoms with Gasteiger partial charge in [0.15, 0.2) is 17.8 Å². The van der Waals surface area contributed by atoms with E-state index in [1.165, 1.54) is 5.56 Å². The van der Waals surface area contributed by atoms with Crippen molar-refractivity contribution in [3.05, 3.63) is 95.8 Å². The van der Waals surface area contributed by atoms with Gasteiger partial charge in [0, 0.05) is 42.5 Å². The summed E-state index contributed by atoms with van der Waals surface area (Å²) >= 11 is 0. The summed E-state index contributed by atoms with van der Waals surface area (Å²) in [4.78, 5) is 46.3. The number of nitrogens with zero attached hydrogens (tertiary/aromatic N) is 4. The minimum Gasteiger partial charge on any atom is -0.383 e. The van der Waals surface area contributed by atoms with Crippen LogP contribution in [0.4, 0.5) is 11.5 Å². The number of hydrogen-bond acceptors (Lipinski definition) is 8. The molecule has 212 valence electrons. The van der Waals surface area contributed by atoms with Crippen molar-refractivity contribution in [3.63, 3.8) is 0 Å². The molecule has 0 unspecified atom stereocenters. The molecule has 1 aliphatic carbocycles. The number of carbonyl (C=O) groups excluding carboxylic acids is 3. The van der Waals surface area contributed by atoms with E-state index >= 15 is 0 Å². The van der Waals surface area contributed by atoms with E-state index in [0.717, 1.165) is 59.5 Å². The number of imidazole rings is 1. The Hall–Kier alpha value is -5.22. The molecule has 10 heteroatoms. The molecule has 0 saturated heterocycles. The van der Waals surface area contributed by atoms with Crippen LogP contribution in [-0.2, 0) is 22.6 Å². The number of amides is 1. The normalized spacial score (nSPS) is 12.3. The largest absolute Gasteiger partial charge is 0.383 e. The molecule has 0 radical (unpaired) electrons. The molecule has 1 saturated carbocycles. The number of anilines is 2. The SMILES string of the molecule is CNCc1ccc(-n2c(-c3cccnc3N)nc3cccnc32)cc1.O=CCc1ccc(C=O)c(NC(=O)C2CC2)c1. The summed E-state index contributed by atoms with van der Waals surface area (Å²) in [7, 11) is 1.94. The van der Waals surface area contributed by atoms with Crippen LogP contribution in [0.25, 0.3) is 28.2 Å². The number of aromatic nitrogens is 4. The van der Waals surface area contributed by atoms with Gasteiger partial charge in [-0.05, 0) is 79.5 Å². The summed E-state index contributed by atoms with van der Waals surface area (Å²) in [6.45, 7) is 0.825. The molecule has 2 aromatic carbocycles. The Kier molecular flexibility index (Phi) is 8.74. The van der Waals surface area contributed by atoms with Gasteiger partial charge in [-0.3, -0.25) is 14.2 Å². The zero-order chi connectivity index (χ0) is 29.5. The number of nitrogens with one attached hydrogen (secondary N) is 2. The van der Waals surface area contributed by atoms with E-state index in [-0.39, 0.29) is 18.2 Å². The standard InChI is InChI=1S/C19H18N6.C13H13NO3/c1-21-12-13-6-8-14(9-7-13)25-18(15-4-2-10-22-17(15)20)24-16-5-3-11-23-19(16)25;15-6-5-9-1-2-11(8-16)12(7-9)14-13(17)10-3-4-10/h2-11,21H,12H2,1H3,(H2,20,22);1-2,6-8,10H,3-5H2,(H,14,17). The predicted octanol–water partition coefficient (Wildman–Crippen LogP) is 4.37. The third-order valence-corrected chi connectivity index (χ3v) is 6.84. The van der Waals surface area contributed by atoms with Crippen molar-refractivity contribution < 1.29 is 14.4 Å². The van der Waals surface area contributed by atoms with E-state index < -0.39 is 0 Å². The molecule has 1 fully saturated rings. The number of fused-ring (bicyclic) bond motifs is 1. The molecular weight excluding hydrogens is 530 g/mol. The van der Waals surface area contributed by atoms with E-state index in [0.29, 0.717) is 23.4 Å². The zero-order valence-electron chi connectivity index (χ0n) is 23.2. The van der Waals surface area contributed by atoms with Crippen LogP contribution < -0.4 is 16.4 Å². The van der Waals surface area contributed by atoms with Gasteiger partial charge in [0.1, 0.15) is 17.6 Å². The van der Waals surface area contributed by atoms with E-state index in [1.54, 1.807) is 30.6 Å². The first kappa shape index (κ1) is 28.3. The van der Waals surface area contributed by atoms with Gasteiger partial charge in [-0.15, -0.1) is 0 Å². The highest BCUT2D eigenvalue weighted by Crippen LogP contribution is 2.31. The quantitative estimate of drug-likeness (QED) is 0.225. The highest BCUT2D eigenvalue weighted by Gasteiger charge is 2.30.